The quantitative estimate of drug-likeness (QED) is 0.907. The lowest BCUT2D eigenvalue weighted by atomic mass is 10.1. The van der Waals surface area contributed by atoms with Gasteiger partial charge in [0.25, 0.3) is 0 Å². The van der Waals surface area contributed by atoms with Crippen molar-refractivity contribution in [2.75, 3.05) is 6.54 Å². The fourth-order valence-corrected chi connectivity index (χ4v) is 3.25. The molecule has 1 aromatic heterocycles. The number of hydrogen-bond acceptors (Lipinski definition) is 3. The molecule has 1 aliphatic heterocycles. The fraction of sp³-hybridized carbons (Fsp3) is 0.312. The summed E-state index contributed by atoms with van der Waals surface area (Å²) < 4.78 is 0. The van der Waals surface area contributed by atoms with Gasteiger partial charge in [-0.3, -0.25) is 4.79 Å². The summed E-state index contributed by atoms with van der Waals surface area (Å²) in [6, 6.07) is 13.1. The van der Waals surface area contributed by atoms with Crippen molar-refractivity contribution in [3.63, 3.8) is 0 Å². The molecule has 0 spiro atoms. The molecule has 1 aromatic carbocycles. The number of rotatable bonds is 4. The molecule has 1 aliphatic rings. The molecule has 20 heavy (non-hydrogen) atoms. The summed E-state index contributed by atoms with van der Waals surface area (Å²) in [5.41, 5.74) is 2.55. The van der Waals surface area contributed by atoms with E-state index >= 15 is 0 Å². The summed E-state index contributed by atoms with van der Waals surface area (Å²) in [5, 5.41) is 8.62. The number of benzene rings is 1. The van der Waals surface area contributed by atoms with Crippen LogP contribution in [0, 0.1) is 0 Å². The smallest absolute Gasteiger partial charge is 0.220 e. The summed E-state index contributed by atoms with van der Waals surface area (Å²) in [7, 11) is 0. The molecule has 104 valence electrons. The molecule has 1 fully saturated rings. The van der Waals surface area contributed by atoms with Crippen LogP contribution >= 0.6 is 11.3 Å². The van der Waals surface area contributed by atoms with E-state index in [-0.39, 0.29) is 5.91 Å². The minimum absolute atomic E-state index is 0.172. The first-order chi connectivity index (χ1) is 9.81. The van der Waals surface area contributed by atoms with Crippen molar-refractivity contribution in [3.05, 3.63) is 46.7 Å². The lowest BCUT2D eigenvalue weighted by Crippen LogP contribution is -2.45. The van der Waals surface area contributed by atoms with E-state index in [1.807, 2.05) is 6.07 Å². The van der Waals surface area contributed by atoms with Crippen LogP contribution in [0.1, 0.15) is 17.7 Å². The maximum Gasteiger partial charge on any atom is 0.220 e. The molecule has 0 saturated carbocycles. The Bertz CT molecular complexity index is 569. The second kappa shape index (κ2) is 6.20. The van der Waals surface area contributed by atoms with Gasteiger partial charge in [-0.05, 0) is 29.0 Å². The largest absolute Gasteiger partial charge is 0.355 e. The highest BCUT2D eigenvalue weighted by atomic mass is 32.1. The van der Waals surface area contributed by atoms with Crippen LogP contribution in [0.15, 0.2) is 41.8 Å². The second-order valence-corrected chi connectivity index (χ2v) is 6.08. The van der Waals surface area contributed by atoms with Crippen LogP contribution in [-0.2, 0) is 11.3 Å². The summed E-state index contributed by atoms with van der Waals surface area (Å²) in [6.45, 7) is 1.62. The third kappa shape index (κ3) is 3.26. The standard InChI is InChI=1S/C16H18N2OS/c19-16-7-6-14(9-18-16)17-10-15-8-13(11-20-15)12-4-2-1-3-5-12/h1-5,8,11,14,17H,6-7,9-10H2,(H,18,19). The van der Waals surface area contributed by atoms with Gasteiger partial charge in [0, 0.05) is 30.4 Å². The Kier molecular flexibility index (Phi) is 4.14. The average Bonchev–Trinajstić information content (AvgIpc) is 2.97. The maximum absolute atomic E-state index is 11.1. The Balaban J connectivity index is 1.57. The van der Waals surface area contributed by atoms with E-state index < -0.39 is 0 Å². The zero-order valence-electron chi connectivity index (χ0n) is 11.3. The normalized spacial score (nSPS) is 18.8. The SMILES string of the molecule is O=C1CCC(NCc2cc(-c3ccccc3)cs2)CN1. The molecule has 0 aliphatic carbocycles. The average molecular weight is 286 g/mol. The van der Waals surface area contributed by atoms with Crippen LogP contribution < -0.4 is 10.6 Å². The van der Waals surface area contributed by atoms with E-state index in [1.165, 1.54) is 16.0 Å². The molecule has 2 N–H and O–H groups in total. The first-order valence-electron chi connectivity index (χ1n) is 6.94. The molecule has 2 heterocycles. The van der Waals surface area contributed by atoms with Crippen LogP contribution in [0.4, 0.5) is 0 Å². The van der Waals surface area contributed by atoms with Gasteiger partial charge in [0.15, 0.2) is 0 Å². The van der Waals surface area contributed by atoms with E-state index in [1.54, 1.807) is 11.3 Å². The highest BCUT2D eigenvalue weighted by Crippen LogP contribution is 2.25. The van der Waals surface area contributed by atoms with Gasteiger partial charge in [-0.2, -0.15) is 0 Å². The molecule has 4 heteroatoms. The Hall–Kier alpha value is -1.65. The van der Waals surface area contributed by atoms with Gasteiger partial charge < -0.3 is 10.6 Å². The third-order valence-corrected chi connectivity index (χ3v) is 4.53. The van der Waals surface area contributed by atoms with Gasteiger partial charge in [-0.25, -0.2) is 0 Å². The molecule has 3 rings (SSSR count). The van der Waals surface area contributed by atoms with Crippen molar-refractivity contribution in [1.29, 1.82) is 0 Å². The van der Waals surface area contributed by atoms with Gasteiger partial charge in [-0.15, -0.1) is 11.3 Å². The van der Waals surface area contributed by atoms with Crippen LogP contribution in [0.2, 0.25) is 0 Å². The van der Waals surface area contributed by atoms with Crippen LogP contribution in [0.25, 0.3) is 11.1 Å². The van der Waals surface area contributed by atoms with Crippen molar-refractivity contribution < 1.29 is 4.79 Å². The highest BCUT2D eigenvalue weighted by Gasteiger charge is 2.17. The molecule has 0 radical (unpaired) electrons. The number of amides is 1. The lowest BCUT2D eigenvalue weighted by molar-refractivity contribution is -0.122. The van der Waals surface area contributed by atoms with E-state index in [9.17, 15) is 4.79 Å². The molecule has 1 saturated heterocycles. The predicted octanol–water partition coefficient (Wildman–Crippen LogP) is 2.78. The van der Waals surface area contributed by atoms with Crippen molar-refractivity contribution >= 4 is 17.2 Å². The molecule has 0 bridgehead atoms. The van der Waals surface area contributed by atoms with Gasteiger partial charge in [0.1, 0.15) is 0 Å². The first-order valence-corrected chi connectivity index (χ1v) is 7.82. The topological polar surface area (TPSA) is 41.1 Å². The van der Waals surface area contributed by atoms with Crippen molar-refractivity contribution in [2.24, 2.45) is 0 Å². The molecule has 1 unspecified atom stereocenters. The summed E-state index contributed by atoms with van der Waals surface area (Å²) in [4.78, 5) is 12.4. The maximum atomic E-state index is 11.1. The fourth-order valence-electron chi connectivity index (χ4n) is 2.41. The molecular formula is C16H18N2OS. The predicted molar refractivity (Wildman–Crippen MR) is 82.6 cm³/mol. The van der Waals surface area contributed by atoms with E-state index in [0.717, 1.165) is 19.5 Å². The molecule has 1 amide bonds. The second-order valence-electron chi connectivity index (χ2n) is 5.09. The monoisotopic (exact) mass is 286 g/mol. The number of hydrogen-bond donors (Lipinski definition) is 2. The van der Waals surface area contributed by atoms with Gasteiger partial charge in [0.05, 0.1) is 0 Å². The van der Waals surface area contributed by atoms with Crippen molar-refractivity contribution in [2.45, 2.75) is 25.4 Å². The Labute approximate surface area is 123 Å². The summed E-state index contributed by atoms with van der Waals surface area (Å²) in [6.07, 6.45) is 1.57. The minimum atomic E-state index is 0.172. The number of piperidine rings is 1. The van der Waals surface area contributed by atoms with Crippen LogP contribution in [-0.4, -0.2) is 18.5 Å². The first kappa shape index (κ1) is 13.3. The van der Waals surface area contributed by atoms with E-state index in [4.69, 9.17) is 0 Å². The molecule has 3 nitrogen and oxygen atoms in total. The van der Waals surface area contributed by atoms with E-state index in [0.29, 0.717) is 12.5 Å². The van der Waals surface area contributed by atoms with Crippen LogP contribution in [0.3, 0.4) is 0 Å². The molecule has 1 atom stereocenters. The molecular weight excluding hydrogens is 268 g/mol. The highest BCUT2D eigenvalue weighted by molar-refractivity contribution is 7.10. The van der Waals surface area contributed by atoms with Crippen molar-refractivity contribution in [1.82, 2.24) is 10.6 Å². The van der Waals surface area contributed by atoms with Crippen molar-refractivity contribution in [3.8, 4) is 11.1 Å². The Morgan fingerprint density at radius 2 is 2.10 bits per heavy atom. The number of carbonyl (C=O) groups is 1. The zero-order chi connectivity index (χ0) is 13.8. The van der Waals surface area contributed by atoms with E-state index in [2.05, 4.69) is 46.3 Å². The zero-order valence-corrected chi connectivity index (χ0v) is 12.1. The summed E-state index contributed by atoms with van der Waals surface area (Å²) in [5.74, 6) is 0.172. The number of thiophene rings is 1. The Morgan fingerprint density at radius 1 is 1.25 bits per heavy atom. The van der Waals surface area contributed by atoms with Gasteiger partial charge in [-0.1, -0.05) is 30.3 Å². The lowest BCUT2D eigenvalue weighted by Gasteiger charge is -2.23. The van der Waals surface area contributed by atoms with Crippen LogP contribution in [0.5, 0.6) is 0 Å². The molecule has 2 aromatic rings. The van der Waals surface area contributed by atoms with Gasteiger partial charge in [0.2, 0.25) is 5.91 Å². The Morgan fingerprint density at radius 3 is 2.85 bits per heavy atom. The van der Waals surface area contributed by atoms with Gasteiger partial charge >= 0.3 is 0 Å². The summed E-state index contributed by atoms with van der Waals surface area (Å²) >= 11 is 1.78. The minimum Gasteiger partial charge on any atom is -0.355 e. The third-order valence-electron chi connectivity index (χ3n) is 3.59. The number of nitrogens with one attached hydrogen (secondary N) is 2. The number of carbonyl (C=O) groups excluding carboxylic acids is 1.